The van der Waals surface area contributed by atoms with Crippen LogP contribution in [-0.4, -0.2) is 31.8 Å². The maximum Gasteiger partial charge on any atom is 0.305 e. The molecule has 1 N–H and O–H groups in total. The second-order valence-corrected chi connectivity index (χ2v) is 5.56. The monoisotopic (exact) mass is 269 g/mol. The Morgan fingerprint density at radius 3 is 2.44 bits per heavy atom. The van der Waals surface area contributed by atoms with Gasteiger partial charge in [-0.1, -0.05) is 24.3 Å². The molecule has 0 spiro atoms. The van der Waals surface area contributed by atoms with E-state index >= 15 is 0 Å². The van der Waals surface area contributed by atoms with Gasteiger partial charge in [-0.2, -0.15) is 0 Å². The van der Waals surface area contributed by atoms with Gasteiger partial charge in [0.05, 0.1) is 17.9 Å². The van der Waals surface area contributed by atoms with Crippen LogP contribution < -0.4 is 4.31 Å². The highest BCUT2D eigenvalue weighted by Crippen LogP contribution is 2.18. The Labute approximate surface area is 106 Å². The van der Waals surface area contributed by atoms with Crippen LogP contribution in [0, 0.1) is 0 Å². The van der Waals surface area contributed by atoms with Crippen molar-refractivity contribution in [1.82, 2.24) is 0 Å². The van der Waals surface area contributed by atoms with Crippen LogP contribution in [0.2, 0.25) is 0 Å². The van der Waals surface area contributed by atoms with Crippen molar-refractivity contribution in [2.45, 2.75) is 6.42 Å². The van der Waals surface area contributed by atoms with E-state index in [1.165, 1.54) is 6.08 Å². The first kappa shape index (κ1) is 14.2. The molecule has 0 radical (unpaired) electrons. The topological polar surface area (TPSA) is 74.7 Å². The first-order valence-electron chi connectivity index (χ1n) is 5.35. The minimum absolute atomic E-state index is 0.0878. The SMILES string of the molecule is C=CCS(=O)(=O)N(CCC(=O)O)c1ccccc1. The van der Waals surface area contributed by atoms with E-state index < -0.39 is 16.0 Å². The number of rotatable bonds is 7. The highest BCUT2D eigenvalue weighted by molar-refractivity contribution is 7.92. The summed E-state index contributed by atoms with van der Waals surface area (Å²) in [5.41, 5.74) is 0.459. The zero-order valence-electron chi connectivity index (χ0n) is 9.82. The van der Waals surface area contributed by atoms with Crippen LogP contribution in [0.15, 0.2) is 43.0 Å². The van der Waals surface area contributed by atoms with E-state index in [4.69, 9.17) is 5.11 Å². The van der Waals surface area contributed by atoms with E-state index in [0.717, 1.165) is 4.31 Å². The third-order valence-electron chi connectivity index (χ3n) is 2.24. The third kappa shape index (κ3) is 3.89. The lowest BCUT2D eigenvalue weighted by Crippen LogP contribution is -2.34. The van der Waals surface area contributed by atoms with E-state index in [-0.39, 0.29) is 18.7 Å². The molecule has 0 bridgehead atoms. The number of aliphatic carboxylic acids is 1. The van der Waals surface area contributed by atoms with Crippen molar-refractivity contribution in [2.24, 2.45) is 0 Å². The number of nitrogens with zero attached hydrogens (tertiary/aromatic N) is 1. The van der Waals surface area contributed by atoms with Gasteiger partial charge in [0.1, 0.15) is 0 Å². The average Bonchev–Trinajstić information content (AvgIpc) is 2.29. The molecule has 0 heterocycles. The van der Waals surface area contributed by atoms with Crippen LogP contribution in [0.25, 0.3) is 0 Å². The molecule has 0 fully saturated rings. The standard InChI is InChI=1S/C12H15NO4S/c1-2-10-18(16,17)13(9-8-12(14)15)11-6-4-3-5-7-11/h2-7H,1,8-10H2,(H,14,15). The van der Waals surface area contributed by atoms with Gasteiger partial charge in [-0.3, -0.25) is 9.10 Å². The molecular weight excluding hydrogens is 254 g/mol. The van der Waals surface area contributed by atoms with Crippen LogP contribution in [0.3, 0.4) is 0 Å². The van der Waals surface area contributed by atoms with Crippen molar-refractivity contribution in [3.8, 4) is 0 Å². The van der Waals surface area contributed by atoms with Gasteiger partial charge < -0.3 is 5.11 Å². The van der Waals surface area contributed by atoms with Crippen molar-refractivity contribution in [1.29, 1.82) is 0 Å². The Morgan fingerprint density at radius 2 is 1.94 bits per heavy atom. The molecule has 0 aliphatic rings. The molecule has 5 nitrogen and oxygen atoms in total. The summed E-state index contributed by atoms with van der Waals surface area (Å²) >= 11 is 0. The summed E-state index contributed by atoms with van der Waals surface area (Å²) < 4.78 is 25.1. The molecule has 0 amide bonds. The summed E-state index contributed by atoms with van der Waals surface area (Å²) in [5, 5.41) is 8.66. The maximum atomic E-state index is 12.0. The number of carboxylic acids is 1. The smallest absolute Gasteiger partial charge is 0.305 e. The fourth-order valence-electron chi connectivity index (χ4n) is 1.46. The molecule has 0 aromatic heterocycles. The average molecular weight is 269 g/mol. The van der Waals surface area contributed by atoms with Crippen molar-refractivity contribution >= 4 is 21.7 Å². The summed E-state index contributed by atoms with van der Waals surface area (Å²) in [4.78, 5) is 10.6. The van der Waals surface area contributed by atoms with Crippen LogP contribution >= 0.6 is 0 Å². The molecule has 0 saturated heterocycles. The highest BCUT2D eigenvalue weighted by atomic mass is 32.2. The van der Waals surface area contributed by atoms with Crippen LogP contribution in [0.1, 0.15) is 6.42 Å². The zero-order valence-corrected chi connectivity index (χ0v) is 10.6. The number of hydrogen-bond donors (Lipinski definition) is 1. The maximum absolute atomic E-state index is 12.0. The van der Waals surface area contributed by atoms with Gasteiger partial charge in [-0.25, -0.2) is 8.42 Å². The second kappa shape index (κ2) is 6.20. The quantitative estimate of drug-likeness (QED) is 0.761. The summed E-state index contributed by atoms with van der Waals surface area (Å²) in [6, 6.07) is 8.42. The molecule has 1 aromatic carbocycles. The molecule has 0 unspecified atom stereocenters. The molecular formula is C12H15NO4S. The van der Waals surface area contributed by atoms with E-state index in [9.17, 15) is 13.2 Å². The van der Waals surface area contributed by atoms with Crippen LogP contribution in [-0.2, 0) is 14.8 Å². The Kier molecular flexibility index (Phi) is 4.91. The minimum atomic E-state index is -3.57. The largest absolute Gasteiger partial charge is 0.481 e. The molecule has 0 aliphatic carbocycles. The zero-order chi connectivity index (χ0) is 13.6. The fourth-order valence-corrected chi connectivity index (χ4v) is 2.75. The fraction of sp³-hybridized carbons (Fsp3) is 0.250. The number of carbonyl (C=O) groups is 1. The molecule has 18 heavy (non-hydrogen) atoms. The predicted octanol–water partition coefficient (Wildman–Crippen LogP) is 1.48. The lowest BCUT2D eigenvalue weighted by Gasteiger charge is -2.23. The van der Waals surface area contributed by atoms with Gasteiger partial charge in [-0.05, 0) is 12.1 Å². The Morgan fingerprint density at radius 1 is 1.33 bits per heavy atom. The van der Waals surface area contributed by atoms with Crippen molar-refractivity contribution in [3.05, 3.63) is 43.0 Å². The third-order valence-corrected chi connectivity index (χ3v) is 3.96. The first-order chi connectivity index (χ1) is 8.47. The first-order valence-corrected chi connectivity index (χ1v) is 6.96. The summed E-state index contributed by atoms with van der Waals surface area (Å²) in [7, 11) is -3.57. The van der Waals surface area contributed by atoms with Crippen molar-refractivity contribution < 1.29 is 18.3 Å². The van der Waals surface area contributed by atoms with E-state index in [1.807, 2.05) is 0 Å². The Hall–Kier alpha value is -1.82. The van der Waals surface area contributed by atoms with Gasteiger partial charge in [0.15, 0.2) is 0 Å². The van der Waals surface area contributed by atoms with E-state index in [2.05, 4.69) is 6.58 Å². The van der Waals surface area contributed by atoms with Crippen LogP contribution in [0.5, 0.6) is 0 Å². The molecule has 1 rings (SSSR count). The number of benzene rings is 1. The molecule has 0 saturated carbocycles. The summed E-state index contributed by atoms with van der Waals surface area (Å²) in [6.07, 6.45) is 1.04. The summed E-state index contributed by atoms with van der Waals surface area (Å²) in [5.74, 6) is -1.26. The Balaban J connectivity index is 3.03. The van der Waals surface area contributed by atoms with Gasteiger partial charge in [0.25, 0.3) is 0 Å². The number of anilines is 1. The minimum Gasteiger partial charge on any atom is -0.481 e. The predicted molar refractivity (Wildman–Crippen MR) is 70.0 cm³/mol. The van der Waals surface area contributed by atoms with Crippen molar-refractivity contribution in [3.63, 3.8) is 0 Å². The number of sulfonamides is 1. The van der Waals surface area contributed by atoms with E-state index in [1.54, 1.807) is 30.3 Å². The van der Waals surface area contributed by atoms with Gasteiger partial charge >= 0.3 is 5.97 Å². The van der Waals surface area contributed by atoms with Gasteiger partial charge in [-0.15, -0.1) is 6.58 Å². The normalized spacial score (nSPS) is 10.9. The molecule has 0 atom stereocenters. The lowest BCUT2D eigenvalue weighted by atomic mass is 10.3. The molecule has 98 valence electrons. The molecule has 1 aromatic rings. The van der Waals surface area contributed by atoms with E-state index in [0.29, 0.717) is 5.69 Å². The van der Waals surface area contributed by atoms with Crippen LogP contribution in [0.4, 0.5) is 5.69 Å². The second-order valence-electron chi connectivity index (χ2n) is 3.62. The number of para-hydroxylation sites is 1. The number of hydrogen-bond acceptors (Lipinski definition) is 3. The molecule has 0 aliphatic heterocycles. The molecule has 6 heteroatoms. The number of carboxylic acid groups (broad SMARTS) is 1. The van der Waals surface area contributed by atoms with Gasteiger partial charge in [0, 0.05) is 6.54 Å². The van der Waals surface area contributed by atoms with Crippen molar-refractivity contribution in [2.75, 3.05) is 16.6 Å². The lowest BCUT2D eigenvalue weighted by molar-refractivity contribution is -0.136. The summed E-state index contributed by atoms with van der Waals surface area (Å²) in [6.45, 7) is 3.31. The van der Waals surface area contributed by atoms with Gasteiger partial charge in [0.2, 0.25) is 10.0 Å². The Bertz CT molecular complexity index is 510. The highest BCUT2D eigenvalue weighted by Gasteiger charge is 2.21.